The van der Waals surface area contributed by atoms with Crippen LogP contribution >= 0.6 is 12.0 Å². The van der Waals surface area contributed by atoms with Crippen molar-refractivity contribution in [1.29, 1.82) is 0 Å². The molecule has 0 aromatic carbocycles. The molecule has 0 bridgehead atoms. The Morgan fingerprint density at radius 1 is 1.33 bits per heavy atom. The Labute approximate surface area is 89.6 Å². The third-order valence-corrected chi connectivity index (χ3v) is 1.68. The second kappa shape index (κ2) is 5.21. The number of carboxylic acids is 1. The van der Waals surface area contributed by atoms with E-state index in [0.717, 1.165) is 5.39 Å². The number of carbonyl (C=O) groups is 1. The van der Waals surface area contributed by atoms with Crippen molar-refractivity contribution in [2.24, 2.45) is 0 Å². The molecule has 6 heteroatoms. The van der Waals surface area contributed by atoms with E-state index in [2.05, 4.69) is 21.9 Å². The molecule has 0 spiro atoms. The highest BCUT2D eigenvalue weighted by Crippen LogP contribution is 2.08. The summed E-state index contributed by atoms with van der Waals surface area (Å²) in [5.41, 5.74) is 0.480. The molecule has 15 heavy (non-hydrogen) atoms. The summed E-state index contributed by atoms with van der Waals surface area (Å²) in [5.74, 6) is -1.03. The predicted molar refractivity (Wildman–Crippen MR) is 53.5 cm³/mol. The van der Waals surface area contributed by atoms with Crippen LogP contribution in [0.3, 0.4) is 0 Å². The fourth-order valence-electron chi connectivity index (χ4n) is 1.07. The van der Waals surface area contributed by atoms with Gasteiger partial charge in [0.25, 0.3) is 0 Å². The first-order valence-corrected chi connectivity index (χ1v) is 4.15. The van der Waals surface area contributed by atoms with Crippen LogP contribution in [0.15, 0.2) is 30.5 Å². The number of aromatic nitrogens is 2. The maximum absolute atomic E-state index is 10.6. The van der Waals surface area contributed by atoms with Gasteiger partial charge in [0.15, 0.2) is 11.3 Å². The molecule has 0 amide bonds. The molecule has 2 rings (SSSR count). The molecule has 0 fully saturated rings. The Balaban J connectivity index is 0.000000531. The zero-order valence-electron chi connectivity index (χ0n) is 7.39. The maximum atomic E-state index is 10.6. The molecule has 2 aromatic rings. The van der Waals surface area contributed by atoms with Crippen molar-refractivity contribution in [3.8, 4) is 0 Å². The molecule has 2 aromatic heterocycles. The van der Waals surface area contributed by atoms with E-state index >= 15 is 0 Å². The van der Waals surface area contributed by atoms with E-state index in [1.807, 2.05) is 6.07 Å². The first kappa shape index (κ1) is 11.3. The van der Waals surface area contributed by atoms with Gasteiger partial charge in [0.05, 0.1) is 0 Å². The van der Waals surface area contributed by atoms with Crippen molar-refractivity contribution in [2.75, 3.05) is 0 Å². The molecule has 1 N–H and O–H groups in total. The van der Waals surface area contributed by atoms with Gasteiger partial charge in [-0.1, -0.05) is 0 Å². The quantitative estimate of drug-likeness (QED) is 0.814. The summed E-state index contributed by atoms with van der Waals surface area (Å²) in [6.45, 7) is 0. The van der Waals surface area contributed by atoms with E-state index in [1.165, 1.54) is 6.07 Å². The molecule has 2 heterocycles. The van der Waals surface area contributed by atoms with Crippen LogP contribution in [-0.4, -0.2) is 21.0 Å². The lowest BCUT2D eigenvalue weighted by Gasteiger charge is -1.96. The summed E-state index contributed by atoms with van der Waals surface area (Å²) in [4.78, 5) is 18.4. The minimum Gasteiger partial charge on any atom is -0.477 e. The van der Waals surface area contributed by atoms with Crippen molar-refractivity contribution in [3.05, 3.63) is 36.2 Å². The highest BCUT2D eigenvalue weighted by Gasteiger charge is 2.04. The van der Waals surface area contributed by atoms with Crippen LogP contribution in [0.25, 0.3) is 11.0 Å². The van der Waals surface area contributed by atoms with E-state index in [4.69, 9.17) is 9.09 Å². The second-order valence-electron chi connectivity index (χ2n) is 2.55. The van der Waals surface area contributed by atoms with E-state index < -0.39 is 5.97 Å². The first-order chi connectivity index (χ1) is 7.27. The van der Waals surface area contributed by atoms with Gasteiger partial charge in [-0.15, -0.1) is 3.98 Å². The van der Waals surface area contributed by atoms with Gasteiger partial charge < -0.3 is 5.11 Å². The van der Waals surface area contributed by atoms with Crippen LogP contribution in [0.4, 0.5) is 3.98 Å². The fourth-order valence-corrected chi connectivity index (χ4v) is 1.07. The summed E-state index contributed by atoms with van der Waals surface area (Å²) >= 11 is 3.14. The number of nitrogens with zero attached hydrogens (tertiary/aromatic N) is 2. The minimum atomic E-state index is -1.03. The summed E-state index contributed by atoms with van der Waals surface area (Å²) < 4.78 is 8.97. The van der Waals surface area contributed by atoms with Gasteiger partial charge in [0.2, 0.25) is 0 Å². The molecular weight excluding hydrogens is 223 g/mol. The lowest BCUT2D eigenvalue weighted by Crippen LogP contribution is -2.00. The molecule has 0 aliphatic heterocycles. The van der Waals surface area contributed by atoms with Crippen molar-refractivity contribution < 1.29 is 13.9 Å². The molecule has 0 aliphatic rings. The number of hydrogen-bond donors (Lipinski definition) is 1. The number of hydrogen-bond acceptors (Lipinski definition) is 3. The monoisotopic (exact) mass is 228 g/mol. The average Bonchev–Trinajstić information content (AvgIpc) is 2.31. The fraction of sp³-hybridized carbons (Fsp3) is 0. The summed E-state index contributed by atoms with van der Waals surface area (Å²) in [6, 6.07) is 6.77. The Kier molecular flexibility index (Phi) is 3.93. The molecule has 0 saturated carbocycles. The number of rotatable bonds is 1. The number of aromatic carboxylic acids is 1. The smallest absolute Gasteiger partial charge is 0.354 e. The van der Waals surface area contributed by atoms with Crippen molar-refractivity contribution in [1.82, 2.24) is 9.97 Å². The molecular formula is C9H6ClFN2O2. The molecule has 78 valence electrons. The SMILES string of the molecule is FCl.O=C(O)c1ccc2cccnc2n1. The predicted octanol–water partition coefficient (Wildman–Crippen LogP) is 2.44. The standard InChI is InChI=1S/C9H6N2O2.ClF/c12-9(13)7-4-3-6-2-1-5-10-8(6)11-7;1-2/h1-5H,(H,12,13);. The summed E-state index contributed by atoms with van der Waals surface area (Å²) in [6.07, 6.45) is 1.58. The van der Waals surface area contributed by atoms with Crippen LogP contribution in [0.1, 0.15) is 10.5 Å². The third kappa shape index (κ3) is 2.60. The number of fused-ring (bicyclic) bond motifs is 1. The average molecular weight is 229 g/mol. The molecule has 0 aliphatic carbocycles. The van der Waals surface area contributed by atoms with Gasteiger partial charge in [-0.3, -0.25) is 0 Å². The highest BCUT2D eigenvalue weighted by atomic mass is 35.5. The maximum Gasteiger partial charge on any atom is 0.354 e. The Hall–Kier alpha value is -1.75. The first-order valence-electron chi connectivity index (χ1n) is 3.87. The van der Waals surface area contributed by atoms with Crippen LogP contribution in [0.5, 0.6) is 0 Å². The lowest BCUT2D eigenvalue weighted by atomic mass is 10.2. The largest absolute Gasteiger partial charge is 0.477 e. The topological polar surface area (TPSA) is 63.1 Å². The van der Waals surface area contributed by atoms with Crippen LogP contribution in [0.2, 0.25) is 0 Å². The van der Waals surface area contributed by atoms with Gasteiger partial charge >= 0.3 is 5.97 Å². The Bertz CT molecular complexity index is 478. The molecule has 0 radical (unpaired) electrons. The molecule has 4 nitrogen and oxygen atoms in total. The van der Waals surface area contributed by atoms with Crippen molar-refractivity contribution >= 4 is 29.0 Å². The second-order valence-corrected chi connectivity index (χ2v) is 2.55. The van der Waals surface area contributed by atoms with E-state index in [-0.39, 0.29) is 5.69 Å². The van der Waals surface area contributed by atoms with Gasteiger partial charge in [0.1, 0.15) is 12.0 Å². The van der Waals surface area contributed by atoms with Crippen molar-refractivity contribution in [3.63, 3.8) is 0 Å². The summed E-state index contributed by atoms with van der Waals surface area (Å²) in [7, 11) is 0. The number of carboxylic acid groups (broad SMARTS) is 1. The molecule has 0 saturated heterocycles. The van der Waals surface area contributed by atoms with E-state index in [1.54, 1.807) is 18.3 Å². The Morgan fingerprint density at radius 2 is 2.07 bits per heavy atom. The lowest BCUT2D eigenvalue weighted by molar-refractivity contribution is 0.0691. The zero-order chi connectivity index (χ0) is 11.3. The highest BCUT2D eigenvalue weighted by molar-refractivity contribution is 6.06. The molecule has 0 unspecified atom stereocenters. The normalized spacial score (nSPS) is 9.20. The van der Waals surface area contributed by atoms with Crippen LogP contribution < -0.4 is 0 Å². The van der Waals surface area contributed by atoms with Gasteiger partial charge in [-0.05, 0) is 24.3 Å². The van der Waals surface area contributed by atoms with Gasteiger partial charge in [-0.2, -0.15) is 0 Å². The van der Waals surface area contributed by atoms with E-state index in [9.17, 15) is 4.79 Å². The minimum absolute atomic E-state index is 0.0196. The van der Waals surface area contributed by atoms with E-state index in [0.29, 0.717) is 5.65 Å². The molecule has 0 atom stereocenters. The Morgan fingerprint density at radius 3 is 2.73 bits per heavy atom. The van der Waals surface area contributed by atoms with Gasteiger partial charge in [-0.25, -0.2) is 14.8 Å². The van der Waals surface area contributed by atoms with Crippen LogP contribution in [0, 0.1) is 0 Å². The summed E-state index contributed by atoms with van der Waals surface area (Å²) in [5, 5.41) is 9.49. The number of halogens is 2. The van der Waals surface area contributed by atoms with Crippen LogP contribution in [-0.2, 0) is 0 Å². The zero-order valence-corrected chi connectivity index (χ0v) is 8.15. The van der Waals surface area contributed by atoms with Gasteiger partial charge in [0, 0.05) is 11.6 Å². The van der Waals surface area contributed by atoms with Crippen molar-refractivity contribution in [2.45, 2.75) is 0 Å². The number of pyridine rings is 2. The third-order valence-electron chi connectivity index (χ3n) is 1.68.